The predicted octanol–water partition coefficient (Wildman–Crippen LogP) is 1.02. The number of hydrogen-bond donors (Lipinski definition) is 0. The van der Waals surface area contributed by atoms with E-state index in [2.05, 4.69) is 18.7 Å². The Kier molecular flexibility index (Phi) is 2.11. The van der Waals surface area contributed by atoms with Gasteiger partial charge in [-0.05, 0) is 0 Å². The molecule has 4 saturated heterocycles. The van der Waals surface area contributed by atoms with Crippen molar-refractivity contribution in [2.75, 3.05) is 58.5 Å². The van der Waals surface area contributed by atoms with Crippen LogP contribution < -0.4 is 0 Å². The van der Waals surface area contributed by atoms with Crippen molar-refractivity contribution >= 4 is 7.21 Å². The van der Waals surface area contributed by atoms with E-state index in [0.29, 0.717) is 0 Å². The van der Waals surface area contributed by atoms with Crippen molar-refractivity contribution in [2.45, 2.75) is 6.18 Å². The van der Waals surface area contributed by atoms with E-state index in [-0.39, 0.29) is 0 Å². The summed E-state index contributed by atoms with van der Waals surface area (Å²) in [6.07, 6.45) is -4.69. The minimum atomic E-state index is -4.08. The number of hydrogen-bond acceptors (Lipinski definition) is 4. The fourth-order valence-electron chi connectivity index (χ4n) is 4.80. The van der Waals surface area contributed by atoms with Crippen molar-refractivity contribution in [1.82, 2.24) is 18.7 Å². The third-order valence-electron chi connectivity index (χ3n) is 5.24. The predicted molar refractivity (Wildman–Crippen MR) is 64.1 cm³/mol. The van der Waals surface area contributed by atoms with Gasteiger partial charge in [-0.2, -0.15) is 0 Å². The van der Waals surface area contributed by atoms with Gasteiger partial charge in [-0.3, -0.25) is 0 Å². The molecule has 0 N–H and O–H groups in total. The van der Waals surface area contributed by atoms with Gasteiger partial charge in [-0.25, -0.2) is 0 Å². The molecule has 0 aromatic rings. The average Bonchev–Trinajstić information content (AvgIpc) is 2.81. The Morgan fingerprint density at radius 1 is 0.667 bits per heavy atom. The van der Waals surface area contributed by atoms with Gasteiger partial charge in [0.25, 0.3) is 0 Å². The van der Waals surface area contributed by atoms with Gasteiger partial charge in [-0.15, -0.1) is 0 Å². The summed E-state index contributed by atoms with van der Waals surface area (Å²) in [6, 6.07) is 0. The summed E-state index contributed by atoms with van der Waals surface area (Å²) in [6.45, 7) is 6.56. The molecule has 0 atom stereocenters. The molecule has 0 aromatic carbocycles. The molecule has 4 aliphatic rings. The standard InChI is InChI=1S/C10H18F3N4P/c11-10(12,13)9-18-14-1-2-15(18)5-6-17(18)8-7-16(18)4-3-14/h1-9H2. The molecule has 0 unspecified atom stereocenters. The van der Waals surface area contributed by atoms with E-state index in [9.17, 15) is 13.2 Å². The Hall–Kier alpha value is 0.0600. The Labute approximate surface area is 104 Å². The van der Waals surface area contributed by atoms with Gasteiger partial charge < -0.3 is 0 Å². The van der Waals surface area contributed by atoms with Crippen molar-refractivity contribution in [3.05, 3.63) is 0 Å². The zero-order valence-electron chi connectivity index (χ0n) is 10.2. The molecule has 0 radical (unpaired) electrons. The summed E-state index contributed by atoms with van der Waals surface area (Å²) >= 11 is 0. The van der Waals surface area contributed by atoms with Gasteiger partial charge in [0.15, 0.2) is 0 Å². The third-order valence-corrected chi connectivity index (χ3v) is 12.4. The molecule has 0 saturated carbocycles. The molecule has 8 heteroatoms. The molecule has 0 amide bonds. The fourth-order valence-corrected chi connectivity index (χ4v) is 12.4. The van der Waals surface area contributed by atoms with Crippen LogP contribution >= 0.6 is 7.21 Å². The first-order valence-corrected chi connectivity index (χ1v) is 8.80. The maximum absolute atomic E-state index is 13.3. The summed E-state index contributed by atoms with van der Waals surface area (Å²) in [5, 5.41) is 0. The number of alkyl halides is 3. The molecule has 0 aromatic heterocycles. The van der Waals surface area contributed by atoms with Gasteiger partial charge in [0.1, 0.15) is 0 Å². The molecule has 0 aliphatic carbocycles. The second kappa shape index (κ2) is 3.20. The molecule has 4 nitrogen and oxygen atoms in total. The summed E-state index contributed by atoms with van der Waals surface area (Å²) in [5.74, 6) is 0. The topological polar surface area (TPSA) is 13.0 Å². The van der Waals surface area contributed by atoms with Gasteiger partial charge in [0, 0.05) is 0 Å². The van der Waals surface area contributed by atoms with Crippen LogP contribution in [-0.4, -0.2) is 83.4 Å². The van der Waals surface area contributed by atoms with Crippen LogP contribution in [0.2, 0.25) is 0 Å². The summed E-state index contributed by atoms with van der Waals surface area (Å²) in [4.78, 5) is 0. The summed E-state index contributed by atoms with van der Waals surface area (Å²) in [5.41, 5.74) is 0. The van der Waals surface area contributed by atoms with Crippen molar-refractivity contribution in [3.63, 3.8) is 0 Å². The van der Waals surface area contributed by atoms with E-state index in [1.54, 1.807) is 0 Å². The van der Waals surface area contributed by atoms with Crippen LogP contribution in [0.1, 0.15) is 0 Å². The monoisotopic (exact) mass is 282 g/mol. The molecule has 104 valence electrons. The molecule has 18 heavy (non-hydrogen) atoms. The van der Waals surface area contributed by atoms with E-state index >= 15 is 0 Å². The SMILES string of the molecule is FC(F)(F)CP123N4CCN1CCN2CCN3CC4. The van der Waals surface area contributed by atoms with Crippen LogP contribution in [-0.2, 0) is 0 Å². The van der Waals surface area contributed by atoms with Crippen LogP contribution in [0.25, 0.3) is 0 Å². The van der Waals surface area contributed by atoms with Crippen LogP contribution in [0.15, 0.2) is 0 Å². The van der Waals surface area contributed by atoms with Crippen LogP contribution in [0.3, 0.4) is 0 Å². The normalized spacial score (nSPS) is 37.6. The van der Waals surface area contributed by atoms with E-state index in [0.717, 1.165) is 52.4 Å². The van der Waals surface area contributed by atoms with Crippen molar-refractivity contribution in [2.24, 2.45) is 0 Å². The minimum absolute atomic E-state index is 0.612. The van der Waals surface area contributed by atoms with Crippen molar-refractivity contribution in [3.8, 4) is 0 Å². The van der Waals surface area contributed by atoms with Gasteiger partial charge in [0.2, 0.25) is 0 Å². The van der Waals surface area contributed by atoms with Gasteiger partial charge in [0.05, 0.1) is 0 Å². The van der Waals surface area contributed by atoms with E-state index < -0.39 is 19.5 Å². The molecular weight excluding hydrogens is 264 g/mol. The third kappa shape index (κ3) is 1.04. The molecule has 4 fully saturated rings. The van der Waals surface area contributed by atoms with Gasteiger partial charge >= 0.3 is 104 Å². The van der Waals surface area contributed by atoms with E-state index in [4.69, 9.17) is 0 Å². The van der Waals surface area contributed by atoms with E-state index in [1.807, 2.05) is 0 Å². The second-order valence-corrected chi connectivity index (χ2v) is 10.5. The number of halogens is 3. The van der Waals surface area contributed by atoms with E-state index in [1.165, 1.54) is 0 Å². The Morgan fingerprint density at radius 3 is 1.17 bits per heavy atom. The van der Waals surface area contributed by atoms with Crippen LogP contribution in [0, 0.1) is 0 Å². The Bertz CT molecular complexity index is 326. The first-order valence-electron chi connectivity index (χ1n) is 6.57. The zero-order chi connectivity index (χ0) is 12.6. The number of nitrogens with zero attached hydrogens (tertiary/aromatic N) is 4. The fraction of sp³-hybridized carbons (Fsp3) is 1.00. The molecule has 4 heterocycles. The molecule has 4 rings (SSSR count). The first-order chi connectivity index (χ1) is 8.47. The van der Waals surface area contributed by atoms with Gasteiger partial charge in [-0.1, -0.05) is 0 Å². The Balaban J connectivity index is 1.91. The zero-order valence-corrected chi connectivity index (χ0v) is 11.1. The van der Waals surface area contributed by atoms with Crippen molar-refractivity contribution < 1.29 is 13.2 Å². The quantitative estimate of drug-likeness (QED) is 0.666. The Morgan fingerprint density at radius 2 is 0.944 bits per heavy atom. The molecule has 4 aliphatic heterocycles. The molecule has 0 bridgehead atoms. The molecule has 1 spiro atoms. The first kappa shape index (κ1) is 11.9. The van der Waals surface area contributed by atoms with Crippen LogP contribution in [0.5, 0.6) is 0 Å². The van der Waals surface area contributed by atoms with Crippen molar-refractivity contribution in [1.29, 1.82) is 0 Å². The summed E-state index contributed by atoms with van der Waals surface area (Å²) < 4.78 is 48.7. The maximum atomic E-state index is 13.3. The average molecular weight is 282 g/mol. The molecular formula is C10H18F3N4P. The second-order valence-electron chi connectivity index (χ2n) is 5.69. The van der Waals surface area contributed by atoms with Crippen LogP contribution in [0.4, 0.5) is 13.2 Å². The summed E-state index contributed by atoms with van der Waals surface area (Å²) in [7, 11) is -3.13. The number of rotatable bonds is 1.